The molecule has 1 unspecified atom stereocenters. The van der Waals surface area contributed by atoms with Gasteiger partial charge in [-0.05, 0) is 6.42 Å². The van der Waals surface area contributed by atoms with Gasteiger partial charge < -0.3 is 14.5 Å². The smallest absolute Gasteiger partial charge is 0.225 e. The average Bonchev–Trinajstić information content (AvgIpc) is 2.97. The number of sulfone groups is 1. The van der Waals surface area contributed by atoms with Crippen molar-refractivity contribution in [3.63, 3.8) is 0 Å². The fourth-order valence-corrected chi connectivity index (χ4v) is 3.98. The third kappa shape index (κ3) is 3.77. The molecule has 1 saturated heterocycles. The van der Waals surface area contributed by atoms with Crippen LogP contribution in [0.5, 0.6) is 0 Å². The molecule has 0 aliphatic carbocycles. The molecule has 9 heteroatoms. The molecule has 3 heterocycles. The van der Waals surface area contributed by atoms with Gasteiger partial charge in [0, 0.05) is 51.6 Å². The summed E-state index contributed by atoms with van der Waals surface area (Å²) in [5.41, 5.74) is 1.58. The van der Waals surface area contributed by atoms with E-state index in [0.717, 1.165) is 23.9 Å². The van der Waals surface area contributed by atoms with Crippen molar-refractivity contribution in [1.29, 1.82) is 0 Å². The van der Waals surface area contributed by atoms with Gasteiger partial charge in [-0.25, -0.2) is 18.4 Å². The van der Waals surface area contributed by atoms with Crippen LogP contribution in [0.2, 0.25) is 0 Å². The molecule has 3 rings (SSSR count). The number of nitrogens with zero attached hydrogens (tertiary/aromatic N) is 4. The van der Waals surface area contributed by atoms with Crippen LogP contribution in [0.1, 0.15) is 24.1 Å². The highest BCUT2D eigenvalue weighted by Crippen LogP contribution is 2.39. The van der Waals surface area contributed by atoms with Crippen LogP contribution < -0.4 is 4.90 Å². The summed E-state index contributed by atoms with van der Waals surface area (Å²) in [6.07, 6.45) is 3.73. The fourth-order valence-electron chi connectivity index (χ4n) is 3.43. The van der Waals surface area contributed by atoms with Gasteiger partial charge in [-0.2, -0.15) is 0 Å². The quantitative estimate of drug-likeness (QED) is 0.737. The number of likely N-dealkylation sites (tertiary alicyclic amines) is 1. The molecule has 0 aromatic carbocycles. The molecule has 1 spiro atoms. The summed E-state index contributed by atoms with van der Waals surface area (Å²) in [7, 11) is 0.640. The summed E-state index contributed by atoms with van der Waals surface area (Å²) >= 11 is 0. The molecule has 0 N–H and O–H groups in total. The number of carbonyl (C=O) groups is 1. The summed E-state index contributed by atoms with van der Waals surface area (Å²) in [5, 5.41) is 0. The first-order valence-corrected chi connectivity index (χ1v) is 10.3. The van der Waals surface area contributed by atoms with Gasteiger partial charge in [0.1, 0.15) is 9.84 Å². The topological polar surface area (TPSA) is 92.7 Å². The molecule has 1 amide bonds. The van der Waals surface area contributed by atoms with Gasteiger partial charge in [-0.3, -0.25) is 4.79 Å². The Morgan fingerprint density at radius 1 is 1.44 bits per heavy atom. The Labute approximate surface area is 148 Å². The third-order valence-electron chi connectivity index (χ3n) is 4.78. The molecule has 2 aliphatic rings. The van der Waals surface area contributed by atoms with Crippen molar-refractivity contribution in [1.82, 2.24) is 14.9 Å². The van der Waals surface area contributed by atoms with Crippen LogP contribution >= 0.6 is 0 Å². The number of rotatable bonds is 4. The molecule has 8 nitrogen and oxygen atoms in total. The van der Waals surface area contributed by atoms with Crippen LogP contribution in [0.3, 0.4) is 0 Å². The summed E-state index contributed by atoms with van der Waals surface area (Å²) in [4.78, 5) is 25.0. The van der Waals surface area contributed by atoms with Crippen molar-refractivity contribution >= 4 is 21.7 Å². The van der Waals surface area contributed by atoms with Gasteiger partial charge in [0.25, 0.3) is 0 Å². The largest absolute Gasteiger partial charge is 0.376 e. The molecule has 0 saturated carbocycles. The summed E-state index contributed by atoms with van der Waals surface area (Å²) in [6, 6.07) is 0. The molecule has 25 heavy (non-hydrogen) atoms. The number of aromatic nitrogens is 2. The zero-order valence-corrected chi connectivity index (χ0v) is 15.7. The number of hydrogen-bond donors (Lipinski definition) is 0. The van der Waals surface area contributed by atoms with Gasteiger partial charge >= 0.3 is 0 Å². The highest BCUT2D eigenvalue weighted by Gasteiger charge is 2.46. The van der Waals surface area contributed by atoms with Crippen molar-refractivity contribution in [3.05, 3.63) is 17.5 Å². The van der Waals surface area contributed by atoms with Gasteiger partial charge in [-0.1, -0.05) is 0 Å². The maximum Gasteiger partial charge on any atom is 0.225 e. The number of hydrogen-bond acceptors (Lipinski definition) is 7. The Morgan fingerprint density at radius 3 is 2.88 bits per heavy atom. The molecule has 1 aromatic heterocycles. The van der Waals surface area contributed by atoms with Gasteiger partial charge in [0.2, 0.25) is 11.9 Å². The van der Waals surface area contributed by atoms with E-state index in [0.29, 0.717) is 32.3 Å². The highest BCUT2D eigenvalue weighted by atomic mass is 32.2. The normalized spacial score (nSPS) is 22.9. The predicted octanol–water partition coefficient (Wildman–Crippen LogP) is -0.0224. The number of carbonyl (C=O) groups excluding carboxylic acids is 1. The molecular formula is C16H24N4O4S. The lowest BCUT2D eigenvalue weighted by molar-refractivity contribution is -0.130. The maximum absolute atomic E-state index is 12.4. The van der Waals surface area contributed by atoms with Crippen LogP contribution in [-0.4, -0.2) is 75.0 Å². The second-order valence-electron chi connectivity index (χ2n) is 7.16. The van der Waals surface area contributed by atoms with E-state index in [2.05, 4.69) is 4.98 Å². The molecule has 138 valence electrons. The van der Waals surface area contributed by atoms with Crippen LogP contribution in [0.25, 0.3) is 0 Å². The molecule has 1 aromatic rings. The number of ether oxygens (including phenoxy) is 1. The van der Waals surface area contributed by atoms with Crippen LogP contribution in [0.4, 0.5) is 5.95 Å². The van der Waals surface area contributed by atoms with Gasteiger partial charge in [0.15, 0.2) is 0 Å². The van der Waals surface area contributed by atoms with Crippen molar-refractivity contribution < 1.29 is 17.9 Å². The lowest BCUT2D eigenvalue weighted by atomic mass is 9.80. The zero-order valence-electron chi connectivity index (χ0n) is 14.9. The summed E-state index contributed by atoms with van der Waals surface area (Å²) < 4.78 is 28.3. The monoisotopic (exact) mass is 368 g/mol. The van der Waals surface area contributed by atoms with Gasteiger partial charge in [0.05, 0.1) is 30.1 Å². The van der Waals surface area contributed by atoms with E-state index < -0.39 is 9.84 Å². The first kappa shape index (κ1) is 18.1. The van der Waals surface area contributed by atoms with E-state index in [1.165, 1.54) is 0 Å². The summed E-state index contributed by atoms with van der Waals surface area (Å²) in [5.74, 6) is 0.397. The SMILES string of the molecule is CN(C)c1ncc2c(n1)C1(CCN(C(=O)CCS(C)(=O)=O)C1)COC2. The molecule has 1 atom stereocenters. The molecular weight excluding hydrogens is 344 g/mol. The van der Waals surface area contributed by atoms with Crippen LogP contribution in [-0.2, 0) is 31.4 Å². The Kier molecular flexibility index (Phi) is 4.72. The first-order valence-electron chi connectivity index (χ1n) is 8.27. The van der Waals surface area contributed by atoms with Crippen LogP contribution in [0, 0.1) is 0 Å². The average molecular weight is 368 g/mol. The molecule has 0 radical (unpaired) electrons. The Morgan fingerprint density at radius 2 is 2.20 bits per heavy atom. The van der Waals surface area contributed by atoms with E-state index >= 15 is 0 Å². The lowest BCUT2D eigenvalue weighted by Crippen LogP contribution is -2.42. The number of amides is 1. The Balaban J connectivity index is 1.81. The fraction of sp³-hybridized carbons (Fsp3) is 0.688. The molecule has 2 aliphatic heterocycles. The van der Waals surface area contributed by atoms with E-state index in [-0.39, 0.29) is 23.5 Å². The minimum atomic E-state index is -3.14. The number of anilines is 1. The summed E-state index contributed by atoms with van der Waals surface area (Å²) in [6.45, 7) is 2.09. The first-order chi connectivity index (χ1) is 11.7. The Bertz CT molecular complexity index is 780. The highest BCUT2D eigenvalue weighted by molar-refractivity contribution is 7.90. The lowest BCUT2D eigenvalue weighted by Gasteiger charge is -2.34. The number of fused-ring (bicyclic) bond motifs is 2. The van der Waals surface area contributed by atoms with Crippen molar-refractivity contribution in [2.45, 2.75) is 24.9 Å². The predicted molar refractivity (Wildman–Crippen MR) is 93.2 cm³/mol. The minimum Gasteiger partial charge on any atom is -0.376 e. The Hall–Kier alpha value is -1.74. The second-order valence-corrected chi connectivity index (χ2v) is 9.42. The van der Waals surface area contributed by atoms with E-state index in [9.17, 15) is 13.2 Å². The van der Waals surface area contributed by atoms with E-state index in [4.69, 9.17) is 9.72 Å². The van der Waals surface area contributed by atoms with Crippen molar-refractivity contribution in [3.8, 4) is 0 Å². The molecule has 1 fully saturated rings. The van der Waals surface area contributed by atoms with Crippen molar-refractivity contribution in [2.24, 2.45) is 0 Å². The zero-order chi connectivity index (χ0) is 18.2. The third-order valence-corrected chi connectivity index (χ3v) is 5.73. The van der Waals surface area contributed by atoms with E-state index in [1.807, 2.05) is 19.0 Å². The second kappa shape index (κ2) is 6.53. The van der Waals surface area contributed by atoms with Gasteiger partial charge in [-0.15, -0.1) is 0 Å². The molecule has 0 bridgehead atoms. The standard InChI is InChI=1S/C16H24N4O4S/c1-19(2)15-17-8-12-9-24-11-16(14(12)18-15)5-6-20(10-16)13(21)4-7-25(3,22)23/h8H,4-7,9-11H2,1-3H3. The maximum atomic E-state index is 12.4. The van der Waals surface area contributed by atoms with E-state index in [1.54, 1.807) is 11.1 Å². The van der Waals surface area contributed by atoms with Crippen LogP contribution in [0.15, 0.2) is 6.20 Å². The minimum absolute atomic E-state index is 0.0232. The van der Waals surface area contributed by atoms with Crippen molar-refractivity contribution in [2.75, 3.05) is 50.7 Å².